The zero-order chi connectivity index (χ0) is 21.8. The van der Waals surface area contributed by atoms with Crippen LogP contribution in [0.4, 0.5) is 11.4 Å². The van der Waals surface area contributed by atoms with Crippen molar-refractivity contribution in [2.75, 3.05) is 19.0 Å². The largest absolute Gasteiger partial charge is 0.490 e. The number of carbonyl (C=O) groups excluding carboxylic acids is 2. The second kappa shape index (κ2) is 8.43. The minimum absolute atomic E-state index is 0.0355. The molecule has 0 spiro atoms. The Balaban J connectivity index is 1.70. The standard InChI is InChI=1S/C20H16N2O8/c1-11-7-15(22(26)27)17(28-2)9-14(11)21-18(23)10-29-19(24)13-8-12-5-3-4-6-16(12)30-20(13)25/h3-9H,10H2,1-2H3,(H,21,23). The average molecular weight is 412 g/mol. The summed E-state index contributed by atoms with van der Waals surface area (Å²) in [5.74, 6) is -1.75. The molecule has 3 rings (SSSR count). The third-order valence-electron chi connectivity index (χ3n) is 4.19. The Morgan fingerprint density at radius 2 is 1.93 bits per heavy atom. The van der Waals surface area contributed by atoms with Gasteiger partial charge in [-0.3, -0.25) is 14.9 Å². The SMILES string of the molecule is COc1cc(NC(=O)COC(=O)c2cc3ccccc3oc2=O)c(C)cc1[N+](=O)[O-]. The molecular weight excluding hydrogens is 396 g/mol. The summed E-state index contributed by atoms with van der Waals surface area (Å²) in [6.07, 6.45) is 0. The minimum atomic E-state index is -1.01. The number of nitro groups is 1. The van der Waals surface area contributed by atoms with Gasteiger partial charge in [0.1, 0.15) is 11.1 Å². The molecule has 0 unspecified atom stereocenters. The lowest BCUT2D eigenvalue weighted by Crippen LogP contribution is -2.24. The Labute approximate surface area is 169 Å². The van der Waals surface area contributed by atoms with Crippen molar-refractivity contribution in [1.29, 1.82) is 0 Å². The molecule has 154 valence electrons. The van der Waals surface area contributed by atoms with E-state index >= 15 is 0 Å². The van der Waals surface area contributed by atoms with Crippen LogP contribution in [0.15, 0.2) is 51.7 Å². The van der Waals surface area contributed by atoms with E-state index in [1.807, 2.05) is 0 Å². The molecule has 0 radical (unpaired) electrons. The average Bonchev–Trinajstić information content (AvgIpc) is 2.72. The summed E-state index contributed by atoms with van der Waals surface area (Å²) in [5.41, 5.74) is -0.479. The van der Waals surface area contributed by atoms with Crippen LogP contribution in [0.3, 0.4) is 0 Å². The molecule has 2 aromatic carbocycles. The van der Waals surface area contributed by atoms with Crippen molar-refractivity contribution >= 4 is 34.2 Å². The zero-order valence-corrected chi connectivity index (χ0v) is 16.0. The van der Waals surface area contributed by atoms with Gasteiger partial charge in [0.15, 0.2) is 12.4 Å². The van der Waals surface area contributed by atoms with Gasteiger partial charge in [0.05, 0.1) is 12.0 Å². The fourth-order valence-corrected chi connectivity index (χ4v) is 2.71. The van der Waals surface area contributed by atoms with E-state index in [-0.39, 0.29) is 22.7 Å². The first-order chi connectivity index (χ1) is 14.3. The fourth-order valence-electron chi connectivity index (χ4n) is 2.71. The Morgan fingerprint density at radius 1 is 1.20 bits per heavy atom. The number of ether oxygens (including phenoxy) is 2. The Bertz CT molecular complexity index is 1220. The van der Waals surface area contributed by atoms with Crippen LogP contribution in [0.1, 0.15) is 15.9 Å². The van der Waals surface area contributed by atoms with Gasteiger partial charge in [-0.2, -0.15) is 0 Å². The van der Waals surface area contributed by atoms with Gasteiger partial charge in [0.2, 0.25) is 0 Å². The number of anilines is 1. The number of fused-ring (bicyclic) bond motifs is 1. The van der Waals surface area contributed by atoms with Gasteiger partial charge in [0, 0.05) is 23.2 Å². The Kier molecular flexibility index (Phi) is 5.77. The van der Waals surface area contributed by atoms with E-state index in [1.165, 1.54) is 25.3 Å². The summed E-state index contributed by atoms with van der Waals surface area (Å²) in [7, 11) is 1.26. The Hall–Kier alpha value is -4.21. The van der Waals surface area contributed by atoms with Crippen molar-refractivity contribution in [2.45, 2.75) is 6.92 Å². The highest BCUT2D eigenvalue weighted by Gasteiger charge is 2.20. The van der Waals surface area contributed by atoms with Gasteiger partial charge in [-0.1, -0.05) is 18.2 Å². The summed E-state index contributed by atoms with van der Waals surface area (Å²) >= 11 is 0. The number of para-hydroxylation sites is 1. The van der Waals surface area contributed by atoms with Crippen molar-refractivity contribution in [3.63, 3.8) is 0 Å². The number of rotatable bonds is 6. The zero-order valence-electron chi connectivity index (χ0n) is 16.0. The van der Waals surface area contributed by atoms with Gasteiger partial charge in [-0.15, -0.1) is 0 Å². The molecule has 0 saturated heterocycles. The molecule has 1 aromatic heterocycles. The van der Waals surface area contributed by atoms with Crippen molar-refractivity contribution in [1.82, 2.24) is 0 Å². The molecular formula is C20H16N2O8. The first-order valence-electron chi connectivity index (χ1n) is 8.63. The number of hydrogen-bond acceptors (Lipinski definition) is 8. The predicted octanol–water partition coefficient (Wildman–Crippen LogP) is 2.81. The first kappa shape index (κ1) is 20.5. The van der Waals surface area contributed by atoms with E-state index in [2.05, 4.69) is 5.32 Å². The molecule has 0 aliphatic heterocycles. The van der Waals surface area contributed by atoms with Crippen molar-refractivity contribution in [3.8, 4) is 5.75 Å². The van der Waals surface area contributed by atoms with E-state index in [1.54, 1.807) is 31.2 Å². The van der Waals surface area contributed by atoms with Crippen LogP contribution in [0, 0.1) is 17.0 Å². The van der Waals surface area contributed by atoms with Crippen LogP contribution in [-0.4, -0.2) is 30.5 Å². The van der Waals surface area contributed by atoms with Gasteiger partial charge < -0.3 is 19.2 Å². The molecule has 0 saturated carbocycles. The van der Waals surface area contributed by atoms with Crippen molar-refractivity contribution < 1.29 is 28.4 Å². The number of nitrogens with zero attached hydrogens (tertiary/aromatic N) is 1. The maximum atomic E-state index is 12.2. The van der Waals surface area contributed by atoms with E-state index in [4.69, 9.17) is 13.9 Å². The number of nitrogens with one attached hydrogen (secondary N) is 1. The van der Waals surface area contributed by atoms with E-state index in [9.17, 15) is 24.5 Å². The maximum Gasteiger partial charge on any atom is 0.351 e. The normalized spacial score (nSPS) is 10.5. The topological polar surface area (TPSA) is 138 Å². The molecule has 0 aliphatic carbocycles. The molecule has 10 heteroatoms. The number of benzene rings is 2. The number of amides is 1. The molecule has 30 heavy (non-hydrogen) atoms. The number of nitro benzene ring substituents is 1. The highest BCUT2D eigenvalue weighted by Crippen LogP contribution is 2.32. The van der Waals surface area contributed by atoms with Crippen LogP contribution >= 0.6 is 0 Å². The number of esters is 1. The summed E-state index contributed by atoms with van der Waals surface area (Å²) in [6.45, 7) is 0.887. The summed E-state index contributed by atoms with van der Waals surface area (Å²) in [6, 6.07) is 10.5. The van der Waals surface area contributed by atoms with Crippen molar-refractivity contribution in [3.05, 3.63) is 74.1 Å². The number of aryl methyl sites for hydroxylation is 1. The molecule has 1 N–H and O–H groups in total. The third kappa shape index (κ3) is 4.27. The monoisotopic (exact) mass is 412 g/mol. The lowest BCUT2D eigenvalue weighted by atomic mass is 10.1. The van der Waals surface area contributed by atoms with Gasteiger partial charge in [-0.25, -0.2) is 9.59 Å². The number of methoxy groups -OCH3 is 1. The van der Waals surface area contributed by atoms with Crippen LogP contribution in [0.2, 0.25) is 0 Å². The molecule has 0 bridgehead atoms. The molecule has 0 aliphatic rings. The lowest BCUT2D eigenvalue weighted by Gasteiger charge is -2.11. The van der Waals surface area contributed by atoms with Crippen molar-refractivity contribution in [2.24, 2.45) is 0 Å². The second-order valence-corrected chi connectivity index (χ2v) is 6.21. The van der Waals surface area contributed by atoms with Crippen LogP contribution < -0.4 is 15.7 Å². The van der Waals surface area contributed by atoms with E-state index in [0.717, 1.165) is 0 Å². The van der Waals surface area contributed by atoms with Gasteiger partial charge in [-0.05, 0) is 24.6 Å². The Morgan fingerprint density at radius 3 is 2.63 bits per heavy atom. The first-order valence-corrected chi connectivity index (χ1v) is 8.63. The van der Waals surface area contributed by atoms with Gasteiger partial charge >= 0.3 is 17.3 Å². The summed E-state index contributed by atoms with van der Waals surface area (Å²) in [4.78, 5) is 46.8. The van der Waals surface area contributed by atoms with Crippen LogP contribution in [0.5, 0.6) is 5.75 Å². The molecule has 1 heterocycles. The highest BCUT2D eigenvalue weighted by molar-refractivity contribution is 5.97. The molecule has 3 aromatic rings. The molecule has 1 amide bonds. The van der Waals surface area contributed by atoms with Gasteiger partial charge in [0.25, 0.3) is 5.91 Å². The number of hydrogen-bond donors (Lipinski definition) is 1. The predicted molar refractivity (Wildman–Crippen MR) is 106 cm³/mol. The van der Waals surface area contributed by atoms with Crippen LogP contribution in [0.25, 0.3) is 11.0 Å². The summed E-state index contributed by atoms with van der Waals surface area (Å²) in [5, 5.41) is 14.0. The molecule has 10 nitrogen and oxygen atoms in total. The van der Waals surface area contributed by atoms with E-state index < -0.39 is 29.0 Å². The van der Waals surface area contributed by atoms with E-state index in [0.29, 0.717) is 16.5 Å². The van der Waals surface area contributed by atoms with Crippen LogP contribution in [-0.2, 0) is 9.53 Å². The minimum Gasteiger partial charge on any atom is -0.490 e. The quantitative estimate of drug-likeness (QED) is 0.282. The summed E-state index contributed by atoms with van der Waals surface area (Å²) < 4.78 is 14.9. The highest BCUT2D eigenvalue weighted by atomic mass is 16.6. The third-order valence-corrected chi connectivity index (χ3v) is 4.19. The fraction of sp³-hybridized carbons (Fsp3) is 0.150. The smallest absolute Gasteiger partial charge is 0.351 e. The second-order valence-electron chi connectivity index (χ2n) is 6.21. The molecule has 0 atom stereocenters. The maximum absolute atomic E-state index is 12.2. The number of carbonyl (C=O) groups is 2. The lowest BCUT2D eigenvalue weighted by molar-refractivity contribution is -0.385. The molecule has 0 fully saturated rings.